The van der Waals surface area contributed by atoms with Gasteiger partial charge in [0.15, 0.2) is 0 Å². The zero-order valence-corrected chi connectivity index (χ0v) is 14.6. The van der Waals surface area contributed by atoms with Crippen LogP contribution in [-0.4, -0.2) is 30.0 Å². The molecule has 0 saturated carbocycles. The summed E-state index contributed by atoms with van der Waals surface area (Å²) in [5, 5.41) is 6.06. The van der Waals surface area contributed by atoms with Crippen LogP contribution in [0.5, 0.6) is 5.75 Å². The fourth-order valence-corrected chi connectivity index (χ4v) is 2.37. The van der Waals surface area contributed by atoms with E-state index in [1.807, 2.05) is 6.92 Å². The highest BCUT2D eigenvalue weighted by Gasteiger charge is 2.12. The number of ether oxygens (including phenoxy) is 1. The van der Waals surface area contributed by atoms with E-state index >= 15 is 0 Å². The number of aromatic nitrogens is 1. The lowest BCUT2D eigenvalue weighted by atomic mass is 10.2. The number of aryl methyl sites for hydroxylation is 2. The molecular formula is C17H20ClN3O3. The van der Waals surface area contributed by atoms with E-state index in [-0.39, 0.29) is 24.8 Å². The molecular weight excluding hydrogens is 330 g/mol. The summed E-state index contributed by atoms with van der Waals surface area (Å²) < 4.78 is 6.93. The molecule has 24 heavy (non-hydrogen) atoms. The Morgan fingerprint density at radius 1 is 1.33 bits per heavy atom. The Labute approximate surface area is 145 Å². The molecule has 2 amide bonds. The molecule has 7 heteroatoms. The molecule has 1 aromatic carbocycles. The maximum absolute atomic E-state index is 12.1. The summed E-state index contributed by atoms with van der Waals surface area (Å²) >= 11 is 6.04. The van der Waals surface area contributed by atoms with Gasteiger partial charge in [-0.05, 0) is 30.7 Å². The summed E-state index contributed by atoms with van der Waals surface area (Å²) in [7, 11) is 3.30. The molecule has 0 fully saturated rings. The highest BCUT2D eigenvalue weighted by atomic mass is 35.5. The molecule has 0 aliphatic carbocycles. The van der Waals surface area contributed by atoms with Gasteiger partial charge in [0.25, 0.3) is 5.91 Å². The fourth-order valence-electron chi connectivity index (χ4n) is 2.22. The number of hydrogen-bond acceptors (Lipinski definition) is 3. The molecule has 1 heterocycles. The largest absolute Gasteiger partial charge is 0.495 e. The van der Waals surface area contributed by atoms with Crippen molar-refractivity contribution in [1.29, 1.82) is 0 Å². The van der Waals surface area contributed by atoms with Crippen molar-refractivity contribution < 1.29 is 14.3 Å². The summed E-state index contributed by atoms with van der Waals surface area (Å²) in [6.07, 6.45) is 1.94. The Morgan fingerprint density at radius 3 is 2.71 bits per heavy atom. The minimum atomic E-state index is -0.220. The standard InChI is InChI=1S/C17H20ClN3O3/c1-11-9-13(15(24-3)10-12(11)18)20-16(22)6-7-19-17(23)14-5-4-8-21(14)2/h4-5,8-10H,6-7H2,1-3H3,(H,19,23)(H,20,22). The van der Waals surface area contributed by atoms with Crippen LogP contribution in [0.15, 0.2) is 30.5 Å². The molecule has 0 aliphatic rings. The molecule has 0 unspecified atom stereocenters. The lowest BCUT2D eigenvalue weighted by Gasteiger charge is -2.12. The minimum Gasteiger partial charge on any atom is -0.495 e. The molecule has 0 aliphatic heterocycles. The molecule has 0 bridgehead atoms. The lowest BCUT2D eigenvalue weighted by molar-refractivity contribution is -0.116. The maximum Gasteiger partial charge on any atom is 0.267 e. The average Bonchev–Trinajstić information content (AvgIpc) is 2.96. The normalized spacial score (nSPS) is 10.3. The third-order valence-electron chi connectivity index (χ3n) is 3.57. The number of rotatable bonds is 6. The van der Waals surface area contributed by atoms with E-state index in [1.165, 1.54) is 7.11 Å². The first-order valence-electron chi connectivity index (χ1n) is 7.46. The highest BCUT2D eigenvalue weighted by molar-refractivity contribution is 6.31. The molecule has 0 spiro atoms. The second-order valence-corrected chi connectivity index (χ2v) is 5.77. The van der Waals surface area contributed by atoms with Crippen LogP contribution in [0.1, 0.15) is 22.5 Å². The van der Waals surface area contributed by atoms with E-state index in [1.54, 1.807) is 42.1 Å². The first kappa shape index (κ1) is 17.9. The molecule has 6 nitrogen and oxygen atoms in total. The van der Waals surface area contributed by atoms with E-state index in [2.05, 4.69) is 10.6 Å². The number of benzene rings is 1. The van der Waals surface area contributed by atoms with Gasteiger partial charge in [0, 0.05) is 37.3 Å². The number of hydrogen-bond donors (Lipinski definition) is 2. The molecule has 2 aromatic rings. The van der Waals surface area contributed by atoms with Gasteiger partial charge in [-0.3, -0.25) is 9.59 Å². The topological polar surface area (TPSA) is 72.4 Å². The van der Waals surface area contributed by atoms with Crippen molar-refractivity contribution in [2.75, 3.05) is 19.0 Å². The summed E-state index contributed by atoms with van der Waals surface area (Å²) in [6.45, 7) is 2.09. The first-order chi connectivity index (χ1) is 11.4. The van der Waals surface area contributed by atoms with E-state index in [9.17, 15) is 9.59 Å². The average molecular weight is 350 g/mol. The van der Waals surface area contributed by atoms with Crippen LogP contribution >= 0.6 is 11.6 Å². The Balaban J connectivity index is 1.89. The predicted octanol–water partition coefficient (Wildman–Crippen LogP) is 2.75. The number of methoxy groups -OCH3 is 1. The smallest absolute Gasteiger partial charge is 0.267 e. The van der Waals surface area contributed by atoms with Crippen molar-refractivity contribution in [2.45, 2.75) is 13.3 Å². The summed E-state index contributed by atoms with van der Waals surface area (Å²) in [4.78, 5) is 24.0. The Morgan fingerprint density at radius 2 is 2.08 bits per heavy atom. The number of nitrogens with one attached hydrogen (secondary N) is 2. The van der Waals surface area contributed by atoms with Crippen molar-refractivity contribution in [3.63, 3.8) is 0 Å². The zero-order valence-electron chi connectivity index (χ0n) is 13.9. The van der Waals surface area contributed by atoms with Gasteiger partial charge in [0.2, 0.25) is 5.91 Å². The van der Waals surface area contributed by atoms with Gasteiger partial charge in [-0.15, -0.1) is 0 Å². The first-order valence-corrected chi connectivity index (χ1v) is 7.83. The third kappa shape index (κ3) is 4.29. The Hall–Kier alpha value is -2.47. The van der Waals surface area contributed by atoms with E-state index in [0.717, 1.165) is 5.56 Å². The van der Waals surface area contributed by atoms with Gasteiger partial charge in [0.05, 0.1) is 12.8 Å². The van der Waals surface area contributed by atoms with Crippen LogP contribution in [0, 0.1) is 6.92 Å². The molecule has 0 atom stereocenters. The van der Waals surface area contributed by atoms with Crippen molar-refractivity contribution in [2.24, 2.45) is 7.05 Å². The van der Waals surface area contributed by atoms with Gasteiger partial charge in [0.1, 0.15) is 11.4 Å². The number of carbonyl (C=O) groups is 2. The summed E-state index contributed by atoms with van der Waals surface area (Å²) in [5.74, 6) is 0.0595. The number of nitrogens with zero attached hydrogens (tertiary/aromatic N) is 1. The fraction of sp³-hybridized carbons (Fsp3) is 0.294. The van der Waals surface area contributed by atoms with Crippen LogP contribution in [-0.2, 0) is 11.8 Å². The van der Waals surface area contributed by atoms with Gasteiger partial charge in [-0.25, -0.2) is 0 Å². The maximum atomic E-state index is 12.1. The SMILES string of the molecule is COc1cc(Cl)c(C)cc1NC(=O)CCNC(=O)c1cccn1C. The molecule has 2 N–H and O–H groups in total. The molecule has 1 aromatic heterocycles. The van der Waals surface area contributed by atoms with Crippen LogP contribution in [0.3, 0.4) is 0 Å². The van der Waals surface area contributed by atoms with Crippen LogP contribution in [0.2, 0.25) is 5.02 Å². The predicted molar refractivity (Wildman–Crippen MR) is 93.7 cm³/mol. The van der Waals surface area contributed by atoms with Gasteiger partial charge < -0.3 is 19.9 Å². The highest BCUT2D eigenvalue weighted by Crippen LogP contribution is 2.30. The second-order valence-electron chi connectivity index (χ2n) is 5.36. The monoisotopic (exact) mass is 349 g/mol. The van der Waals surface area contributed by atoms with Gasteiger partial charge in [-0.2, -0.15) is 0 Å². The number of halogens is 1. The van der Waals surface area contributed by atoms with E-state index in [4.69, 9.17) is 16.3 Å². The molecule has 128 valence electrons. The van der Waals surface area contributed by atoms with Crippen LogP contribution < -0.4 is 15.4 Å². The Bertz CT molecular complexity index is 756. The van der Waals surface area contributed by atoms with Crippen LogP contribution in [0.25, 0.3) is 0 Å². The minimum absolute atomic E-state index is 0.154. The molecule has 0 radical (unpaired) electrons. The van der Waals surface area contributed by atoms with Gasteiger partial charge >= 0.3 is 0 Å². The van der Waals surface area contributed by atoms with Crippen molar-refractivity contribution >= 4 is 29.1 Å². The van der Waals surface area contributed by atoms with Crippen molar-refractivity contribution in [1.82, 2.24) is 9.88 Å². The number of carbonyl (C=O) groups excluding carboxylic acids is 2. The van der Waals surface area contributed by atoms with E-state index < -0.39 is 0 Å². The quantitative estimate of drug-likeness (QED) is 0.842. The summed E-state index contributed by atoms with van der Waals surface area (Å²) in [5.41, 5.74) is 1.94. The number of amides is 2. The molecule has 0 saturated heterocycles. The molecule has 2 rings (SSSR count). The van der Waals surface area contributed by atoms with Gasteiger partial charge in [-0.1, -0.05) is 11.6 Å². The Kier molecular flexibility index (Phi) is 5.87. The second kappa shape index (κ2) is 7.88. The van der Waals surface area contributed by atoms with Crippen molar-refractivity contribution in [3.8, 4) is 5.75 Å². The zero-order chi connectivity index (χ0) is 17.7. The van der Waals surface area contributed by atoms with Crippen LogP contribution in [0.4, 0.5) is 5.69 Å². The third-order valence-corrected chi connectivity index (χ3v) is 3.98. The van der Waals surface area contributed by atoms with E-state index in [0.29, 0.717) is 22.2 Å². The van der Waals surface area contributed by atoms with Crippen molar-refractivity contribution in [3.05, 3.63) is 46.7 Å². The lowest BCUT2D eigenvalue weighted by Crippen LogP contribution is -2.29. The number of anilines is 1. The summed E-state index contributed by atoms with van der Waals surface area (Å²) in [6, 6.07) is 6.92.